The van der Waals surface area contributed by atoms with Gasteiger partial charge in [0.05, 0.1) is 6.61 Å². The molecule has 2 N–H and O–H groups in total. The van der Waals surface area contributed by atoms with E-state index in [-0.39, 0.29) is 6.61 Å². The number of rotatable bonds is 4. The minimum atomic E-state index is 0.0526. The van der Waals surface area contributed by atoms with E-state index in [0.29, 0.717) is 17.5 Å². The van der Waals surface area contributed by atoms with Crippen LogP contribution in [-0.2, 0) is 0 Å². The van der Waals surface area contributed by atoms with Crippen LogP contribution in [0.3, 0.4) is 0 Å². The number of nitrogens with zero attached hydrogens (tertiary/aromatic N) is 1. The molecule has 0 spiro atoms. The predicted molar refractivity (Wildman–Crippen MR) is 62.5 cm³/mol. The summed E-state index contributed by atoms with van der Waals surface area (Å²) >= 11 is 5.79. The van der Waals surface area contributed by atoms with Gasteiger partial charge < -0.3 is 14.9 Å². The van der Waals surface area contributed by atoms with E-state index >= 15 is 0 Å². The first-order valence-corrected chi connectivity index (χ1v) is 5.25. The Morgan fingerprint density at radius 3 is 2.75 bits per heavy atom. The molecule has 0 aliphatic carbocycles. The minimum absolute atomic E-state index is 0.0526. The summed E-state index contributed by atoms with van der Waals surface area (Å²) < 4.78 is 5.05. The highest BCUT2D eigenvalue weighted by atomic mass is 35.5. The fourth-order valence-corrected chi connectivity index (χ4v) is 1.42. The summed E-state index contributed by atoms with van der Waals surface area (Å²) in [7, 11) is 0. The molecule has 2 rings (SSSR count). The Kier molecular flexibility index (Phi) is 3.44. The zero-order valence-corrected chi connectivity index (χ0v) is 9.24. The highest BCUT2D eigenvalue weighted by Crippen LogP contribution is 2.22. The average Bonchev–Trinajstić information content (AvgIpc) is 2.76. The highest BCUT2D eigenvalue weighted by Gasteiger charge is 2.05. The Hall–Kier alpha value is -1.52. The van der Waals surface area contributed by atoms with Gasteiger partial charge in [-0.05, 0) is 12.1 Å². The van der Waals surface area contributed by atoms with Crippen LogP contribution >= 0.6 is 11.6 Å². The molecular formula is C11H11ClN2O2. The lowest BCUT2D eigenvalue weighted by atomic mass is 10.1. The van der Waals surface area contributed by atoms with Gasteiger partial charge in [-0.3, -0.25) is 0 Å². The third-order valence-electron chi connectivity index (χ3n) is 2.06. The highest BCUT2D eigenvalue weighted by molar-refractivity contribution is 6.30. The van der Waals surface area contributed by atoms with Gasteiger partial charge in [0.1, 0.15) is 5.69 Å². The molecule has 1 aromatic heterocycles. The number of aliphatic hydroxyl groups is 1. The Balaban J connectivity index is 2.15. The molecule has 0 unspecified atom stereocenters. The van der Waals surface area contributed by atoms with Crippen LogP contribution in [0.1, 0.15) is 0 Å². The maximum Gasteiger partial charge on any atom is 0.225 e. The SMILES string of the molecule is OCCNc1cc(-c2ccc(Cl)cc2)no1. The van der Waals surface area contributed by atoms with Crippen molar-refractivity contribution >= 4 is 17.5 Å². The van der Waals surface area contributed by atoms with Gasteiger partial charge in [0, 0.05) is 23.2 Å². The Morgan fingerprint density at radius 1 is 1.31 bits per heavy atom. The molecule has 0 amide bonds. The third-order valence-corrected chi connectivity index (χ3v) is 2.31. The van der Waals surface area contributed by atoms with E-state index in [0.717, 1.165) is 11.3 Å². The monoisotopic (exact) mass is 238 g/mol. The van der Waals surface area contributed by atoms with Crippen LogP contribution in [0.2, 0.25) is 5.02 Å². The number of nitrogens with one attached hydrogen (secondary N) is 1. The van der Waals surface area contributed by atoms with Crippen LogP contribution in [0.15, 0.2) is 34.9 Å². The molecular weight excluding hydrogens is 228 g/mol. The van der Waals surface area contributed by atoms with Crippen molar-refractivity contribution in [1.29, 1.82) is 0 Å². The van der Waals surface area contributed by atoms with E-state index in [9.17, 15) is 0 Å². The van der Waals surface area contributed by atoms with Crippen molar-refractivity contribution in [3.8, 4) is 11.3 Å². The summed E-state index contributed by atoms with van der Waals surface area (Å²) in [4.78, 5) is 0. The van der Waals surface area contributed by atoms with E-state index in [1.807, 2.05) is 12.1 Å². The van der Waals surface area contributed by atoms with Crippen molar-refractivity contribution in [2.24, 2.45) is 0 Å². The molecule has 0 saturated heterocycles. The van der Waals surface area contributed by atoms with Gasteiger partial charge >= 0.3 is 0 Å². The van der Waals surface area contributed by atoms with Gasteiger partial charge in [-0.2, -0.15) is 0 Å². The van der Waals surface area contributed by atoms with Crippen LogP contribution in [0.4, 0.5) is 5.88 Å². The van der Waals surface area contributed by atoms with E-state index in [1.165, 1.54) is 0 Å². The molecule has 0 saturated carbocycles. The van der Waals surface area contributed by atoms with Crippen LogP contribution in [0, 0.1) is 0 Å². The van der Waals surface area contributed by atoms with Gasteiger partial charge in [0.25, 0.3) is 0 Å². The summed E-state index contributed by atoms with van der Waals surface area (Å²) in [5.74, 6) is 0.541. The van der Waals surface area contributed by atoms with E-state index in [2.05, 4.69) is 10.5 Å². The van der Waals surface area contributed by atoms with Crippen LogP contribution in [0.5, 0.6) is 0 Å². The smallest absolute Gasteiger partial charge is 0.225 e. The van der Waals surface area contributed by atoms with E-state index in [4.69, 9.17) is 21.2 Å². The second kappa shape index (κ2) is 5.01. The quantitative estimate of drug-likeness (QED) is 0.859. The van der Waals surface area contributed by atoms with Crippen molar-refractivity contribution in [2.75, 3.05) is 18.5 Å². The Morgan fingerprint density at radius 2 is 2.06 bits per heavy atom. The number of aliphatic hydroxyl groups excluding tert-OH is 1. The third kappa shape index (κ3) is 2.53. The molecule has 1 heterocycles. The van der Waals surface area contributed by atoms with Crippen LogP contribution < -0.4 is 5.32 Å². The number of hydrogen-bond donors (Lipinski definition) is 2. The van der Waals surface area contributed by atoms with Crippen molar-refractivity contribution in [3.05, 3.63) is 35.4 Å². The normalized spacial score (nSPS) is 10.4. The molecule has 0 aliphatic heterocycles. The molecule has 1 aromatic carbocycles. The number of benzene rings is 1. The number of aromatic nitrogens is 1. The first-order chi connectivity index (χ1) is 7.79. The van der Waals surface area contributed by atoms with Crippen molar-refractivity contribution in [2.45, 2.75) is 0 Å². The summed E-state index contributed by atoms with van der Waals surface area (Å²) in [5.41, 5.74) is 1.67. The number of halogens is 1. The Labute approximate surface area is 97.8 Å². The fourth-order valence-electron chi connectivity index (χ4n) is 1.29. The molecule has 0 bridgehead atoms. The topological polar surface area (TPSA) is 58.3 Å². The van der Waals surface area contributed by atoms with Crippen LogP contribution in [-0.4, -0.2) is 23.4 Å². The molecule has 5 heteroatoms. The largest absolute Gasteiger partial charge is 0.395 e. The molecule has 0 atom stereocenters. The first-order valence-electron chi connectivity index (χ1n) is 4.87. The van der Waals surface area contributed by atoms with Crippen molar-refractivity contribution in [1.82, 2.24) is 5.16 Å². The molecule has 4 nitrogen and oxygen atoms in total. The van der Waals surface area contributed by atoms with Gasteiger partial charge in [-0.15, -0.1) is 0 Å². The zero-order valence-electron chi connectivity index (χ0n) is 8.48. The molecule has 0 aliphatic rings. The number of anilines is 1. The lowest BCUT2D eigenvalue weighted by Gasteiger charge is -1.95. The van der Waals surface area contributed by atoms with Gasteiger partial charge in [-0.25, -0.2) is 0 Å². The first kappa shape index (κ1) is 11.0. The second-order valence-corrected chi connectivity index (χ2v) is 3.67. The lowest BCUT2D eigenvalue weighted by Crippen LogP contribution is -2.03. The standard InChI is InChI=1S/C11H11ClN2O2/c12-9-3-1-8(2-4-9)10-7-11(16-14-10)13-5-6-15/h1-4,7,13,15H,5-6H2. The lowest BCUT2D eigenvalue weighted by molar-refractivity contribution is 0.309. The van der Waals surface area contributed by atoms with E-state index in [1.54, 1.807) is 18.2 Å². The van der Waals surface area contributed by atoms with Crippen molar-refractivity contribution in [3.63, 3.8) is 0 Å². The molecule has 0 fully saturated rings. The predicted octanol–water partition coefficient (Wildman–Crippen LogP) is 2.40. The number of hydrogen-bond acceptors (Lipinski definition) is 4. The van der Waals surface area contributed by atoms with Crippen LogP contribution in [0.25, 0.3) is 11.3 Å². The van der Waals surface area contributed by atoms with Crippen molar-refractivity contribution < 1.29 is 9.63 Å². The zero-order chi connectivity index (χ0) is 11.4. The molecule has 84 valence electrons. The summed E-state index contributed by atoms with van der Waals surface area (Å²) in [6.45, 7) is 0.492. The molecule has 0 radical (unpaired) electrons. The van der Waals surface area contributed by atoms with E-state index < -0.39 is 0 Å². The molecule has 2 aromatic rings. The maximum atomic E-state index is 8.64. The maximum absolute atomic E-state index is 8.64. The molecule has 16 heavy (non-hydrogen) atoms. The Bertz CT molecular complexity index is 453. The summed E-state index contributed by atoms with van der Waals surface area (Å²) in [5, 5.41) is 16.1. The van der Waals surface area contributed by atoms with Gasteiger partial charge in [0.2, 0.25) is 5.88 Å². The summed E-state index contributed by atoms with van der Waals surface area (Å²) in [6.07, 6.45) is 0. The second-order valence-electron chi connectivity index (χ2n) is 3.23. The van der Waals surface area contributed by atoms with Gasteiger partial charge in [-0.1, -0.05) is 28.9 Å². The summed E-state index contributed by atoms with van der Waals surface area (Å²) in [6, 6.07) is 9.11. The van der Waals surface area contributed by atoms with Gasteiger partial charge in [0.15, 0.2) is 0 Å². The average molecular weight is 239 g/mol. The minimum Gasteiger partial charge on any atom is -0.395 e. The fraction of sp³-hybridized carbons (Fsp3) is 0.182.